The Bertz CT molecular complexity index is 941. The largest absolute Gasteiger partial charge is 0.519 e. The molecule has 0 aromatic rings. The van der Waals surface area contributed by atoms with Crippen LogP contribution >= 0.6 is 0 Å². The standard InChI is InChI=1S/C35H65FO3Si2/c1-13-24-31-28(36)15-14-21-35(31,7)27-20-22-34(6)25(17-18-26(34)30(27)32(24)39-40(8,9)10)23(2)16-19-29(37)38-41(11,12)33(3,4)5/h23-28,30-32H,13-22H2,1-12H3/t23-,24-,25-,26+,27+,28+,30+,31-,32-,34-,35-/m1/s1. The van der Waals surface area contributed by atoms with E-state index >= 15 is 4.39 Å². The maximum Gasteiger partial charge on any atom is 0.292 e. The van der Waals surface area contributed by atoms with Crippen molar-refractivity contribution in [3.05, 3.63) is 0 Å². The molecule has 0 bridgehead atoms. The molecule has 4 aliphatic carbocycles. The lowest BCUT2D eigenvalue weighted by Gasteiger charge is -2.66. The molecule has 3 nitrogen and oxygen atoms in total. The Labute approximate surface area is 255 Å². The maximum absolute atomic E-state index is 15.9. The molecule has 4 fully saturated rings. The number of alkyl halides is 1. The predicted molar refractivity (Wildman–Crippen MR) is 175 cm³/mol. The van der Waals surface area contributed by atoms with Gasteiger partial charge >= 0.3 is 0 Å². The highest BCUT2D eigenvalue weighted by molar-refractivity contribution is 6.75. The van der Waals surface area contributed by atoms with Gasteiger partial charge in [-0.05, 0) is 135 Å². The van der Waals surface area contributed by atoms with Gasteiger partial charge in [0.1, 0.15) is 6.17 Å². The Morgan fingerprint density at radius 3 is 2.20 bits per heavy atom. The third-order valence-corrected chi connectivity index (χ3v) is 18.8. The van der Waals surface area contributed by atoms with Crippen LogP contribution in [0.3, 0.4) is 0 Å². The molecule has 4 aliphatic rings. The van der Waals surface area contributed by atoms with Gasteiger partial charge in [-0.25, -0.2) is 4.39 Å². The van der Waals surface area contributed by atoms with Crippen molar-refractivity contribution in [3.63, 3.8) is 0 Å². The lowest BCUT2D eigenvalue weighted by atomic mass is 9.41. The molecule has 0 aromatic heterocycles. The number of rotatable bonds is 8. The number of halogens is 1. The highest BCUT2D eigenvalue weighted by Crippen LogP contribution is 2.70. The van der Waals surface area contributed by atoms with E-state index in [1.54, 1.807) is 0 Å². The fraction of sp³-hybridized carbons (Fsp3) is 0.971. The monoisotopic (exact) mass is 608 g/mol. The third kappa shape index (κ3) is 6.19. The van der Waals surface area contributed by atoms with Gasteiger partial charge in [-0.15, -0.1) is 0 Å². The molecule has 0 unspecified atom stereocenters. The first-order valence-corrected chi connectivity index (χ1v) is 23.6. The van der Waals surface area contributed by atoms with Crippen molar-refractivity contribution < 1.29 is 18.0 Å². The van der Waals surface area contributed by atoms with Gasteiger partial charge in [0, 0.05) is 12.3 Å². The second-order valence-electron chi connectivity index (χ2n) is 18.0. The lowest BCUT2D eigenvalue weighted by molar-refractivity contribution is -0.203. The van der Waals surface area contributed by atoms with Gasteiger partial charge in [0.05, 0.1) is 6.10 Å². The quantitative estimate of drug-likeness (QED) is 0.257. The minimum absolute atomic E-state index is 0.00515. The topological polar surface area (TPSA) is 35.5 Å². The first kappa shape index (κ1) is 33.7. The summed E-state index contributed by atoms with van der Waals surface area (Å²) in [6.07, 6.45) is 9.97. The van der Waals surface area contributed by atoms with Crippen LogP contribution in [0.15, 0.2) is 0 Å². The van der Waals surface area contributed by atoms with E-state index in [0.717, 1.165) is 25.7 Å². The predicted octanol–water partition coefficient (Wildman–Crippen LogP) is 10.4. The minimum atomic E-state index is -2.08. The van der Waals surface area contributed by atoms with Gasteiger partial charge < -0.3 is 8.85 Å². The first-order chi connectivity index (χ1) is 18.8. The fourth-order valence-corrected chi connectivity index (χ4v) is 12.7. The Morgan fingerprint density at radius 1 is 0.976 bits per heavy atom. The van der Waals surface area contributed by atoms with Gasteiger partial charge in [-0.2, -0.15) is 0 Å². The molecule has 0 heterocycles. The average molecular weight is 609 g/mol. The summed E-state index contributed by atoms with van der Waals surface area (Å²) < 4.78 is 29.3. The minimum Gasteiger partial charge on any atom is -0.519 e. The summed E-state index contributed by atoms with van der Waals surface area (Å²) in [6.45, 7) is 27.7. The molecule has 0 aromatic carbocycles. The normalized spacial score (nSPS) is 42.2. The summed E-state index contributed by atoms with van der Waals surface area (Å²) in [5, 5.41) is 0.0417. The fourth-order valence-electron chi connectivity index (χ4n) is 10.6. The summed E-state index contributed by atoms with van der Waals surface area (Å²) in [7, 11) is -3.90. The summed E-state index contributed by atoms with van der Waals surface area (Å²) in [5.74, 6) is 3.37. The van der Waals surface area contributed by atoms with E-state index in [1.807, 2.05) is 0 Å². The van der Waals surface area contributed by atoms with Crippen molar-refractivity contribution in [2.75, 3.05) is 0 Å². The second kappa shape index (κ2) is 11.6. The van der Waals surface area contributed by atoms with Crippen LogP contribution < -0.4 is 0 Å². The summed E-state index contributed by atoms with van der Waals surface area (Å²) in [4.78, 5) is 13.0. The highest BCUT2D eigenvalue weighted by atomic mass is 28.4. The molecular weight excluding hydrogens is 544 g/mol. The third-order valence-electron chi connectivity index (χ3n) is 13.5. The van der Waals surface area contributed by atoms with Crippen LogP contribution in [0, 0.1) is 52.3 Å². The molecule has 4 saturated carbocycles. The molecule has 0 saturated heterocycles. The highest BCUT2D eigenvalue weighted by Gasteiger charge is 2.66. The van der Waals surface area contributed by atoms with E-state index in [4.69, 9.17) is 8.85 Å². The maximum atomic E-state index is 15.9. The van der Waals surface area contributed by atoms with E-state index in [2.05, 4.69) is 81.2 Å². The molecule has 238 valence electrons. The van der Waals surface area contributed by atoms with E-state index < -0.39 is 22.8 Å². The van der Waals surface area contributed by atoms with Crippen LogP contribution in [-0.2, 0) is 13.6 Å². The van der Waals surface area contributed by atoms with Gasteiger partial charge in [-0.1, -0.05) is 54.9 Å². The van der Waals surface area contributed by atoms with E-state index in [0.29, 0.717) is 41.9 Å². The van der Waals surface area contributed by atoms with Crippen LogP contribution in [0.25, 0.3) is 0 Å². The number of fused-ring (bicyclic) bond motifs is 5. The Kier molecular flexibility index (Phi) is 9.55. The second-order valence-corrected chi connectivity index (χ2v) is 27.2. The zero-order valence-corrected chi connectivity index (χ0v) is 30.9. The number of hydrogen-bond acceptors (Lipinski definition) is 3. The molecule has 0 amide bonds. The summed E-state index contributed by atoms with van der Waals surface area (Å²) >= 11 is 0. The van der Waals surface area contributed by atoms with E-state index in [9.17, 15) is 4.79 Å². The van der Waals surface area contributed by atoms with Gasteiger partial charge in [0.15, 0.2) is 8.32 Å². The van der Waals surface area contributed by atoms with E-state index in [-0.39, 0.29) is 33.9 Å². The van der Waals surface area contributed by atoms with Crippen molar-refractivity contribution in [1.82, 2.24) is 0 Å². The number of hydrogen-bond donors (Lipinski definition) is 0. The van der Waals surface area contributed by atoms with Gasteiger partial charge in [0.2, 0.25) is 0 Å². The molecule has 4 rings (SSSR count). The zero-order valence-electron chi connectivity index (χ0n) is 28.9. The van der Waals surface area contributed by atoms with Gasteiger partial charge in [-0.3, -0.25) is 4.79 Å². The van der Waals surface area contributed by atoms with Crippen molar-refractivity contribution in [3.8, 4) is 0 Å². The van der Waals surface area contributed by atoms with Crippen LogP contribution in [-0.4, -0.2) is 34.9 Å². The van der Waals surface area contributed by atoms with Crippen molar-refractivity contribution in [2.45, 2.75) is 163 Å². The van der Waals surface area contributed by atoms with Crippen LogP contribution in [0.1, 0.15) is 113 Å². The molecule has 0 spiro atoms. The van der Waals surface area contributed by atoms with Crippen LogP contribution in [0.5, 0.6) is 0 Å². The Hall–Kier alpha value is -0.206. The molecule has 41 heavy (non-hydrogen) atoms. The van der Waals surface area contributed by atoms with Crippen LogP contribution in [0.2, 0.25) is 37.8 Å². The number of carbonyl (C=O) groups excluding carboxylic acids is 1. The zero-order chi connectivity index (χ0) is 30.8. The summed E-state index contributed by atoms with van der Waals surface area (Å²) in [6, 6.07) is 0. The van der Waals surface area contributed by atoms with Crippen molar-refractivity contribution >= 4 is 22.6 Å². The molecule has 0 aliphatic heterocycles. The van der Waals surface area contributed by atoms with Crippen LogP contribution in [0.4, 0.5) is 4.39 Å². The molecular formula is C35H65FO3Si2. The van der Waals surface area contributed by atoms with Gasteiger partial charge in [0.25, 0.3) is 14.3 Å². The Morgan fingerprint density at radius 2 is 1.61 bits per heavy atom. The smallest absolute Gasteiger partial charge is 0.292 e. The lowest BCUT2D eigenvalue weighted by Crippen LogP contribution is -2.64. The molecule has 11 atom stereocenters. The summed E-state index contributed by atoms with van der Waals surface area (Å²) in [5.41, 5.74) is 0.372. The van der Waals surface area contributed by atoms with Crippen molar-refractivity contribution in [2.24, 2.45) is 52.3 Å². The first-order valence-electron chi connectivity index (χ1n) is 17.3. The average Bonchev–Trinajstić information content (AvgIpc) is 3.18. The molecule has 0 N–H and O–H groups in total. The number of carbonyl (C=O) groups is 1. The molecule has 6 heteroatoms. The van der Waals surface area contributed by atoms with E-state index in [1.165, 1.54) is 32.1 Å². The molecule has 0 radical (unpaired) electrons. The van der Waals surface area contributed by atoms with Crippen molar-refractivity contribution in [1.29, 1.82) is 0 Å². The SMILES string of the molecule is CC[C@H]1[C@@H](O[Si](C)(C)C)[C@@H]2[C@H](CC[C@]3(C)[C@@H]([C@H](C)CCC(=O)O[Si](C)(C)C(C)(C)C)CC[C@@H]23)[C@@]2(C)CCC[C@H](F)[C@@H]12. The Balaban J connectivity index is 1.57.